The molecule has 0 radical (unpaired) electrons. The lowest BCUT2D eigenvalue weighted by atomic mass is 10.2. The standard InChI is InChI=1S/C8H9NO2.C7H7NO2.C6H17NO3Si.C6H17NSi.6CH4O.CH4/c1-11-8(10)6-4-2-3-5-7(6)9;8-6-4-2-1-3-5(6)7(9)10;1-8-11(9-2,10-3)6-4-5-7;1-8(2,3)6-4-5-7;6*1-2;/h2-5H,9H2,1H3;1-4H,8H2,(H,9,10);4-7H2,1-3H3;4-7H2,1-3H3;6*2H,1H3;1H4. The Kier molecular flexibility index (Phi) is 75.1. The van der Waals surface area contributed by atoms with E-state index in [1.165, 1.54) is 25.6 Å². The number of rotatable bonds is 11. The number of esters is 1. The lowest BCUT2D eigenvalue weighted by Gasteiger charge is -2.23. The molecule has 2 aromatic rings. The number of ether oxygens (including phenoxy) is 1. The molecule has 0 saturated carbocycles. The van der Waals surface area contributed by atoms with Crippen LogP contribution >= 0.6 is 0 Å². The van der Waals surface area contributed by atoms with Crippen molar-refractivity contribution in [3.05, 3.63) is 59.7 Å². The number of methoxy groups -OCH3 is 1. The van der Waals surface area contributed by atoms with Crippen LogP contribution in [0.15, 0.2) is 48.5 Å². The zero-order chi connectivity index (χ0) is 43.2. The molecule has 0 aromatic heterocycles. The summed E-state index contributed by atoms with van der Waals surface area (Å²) in [5.41, 5.74) is 22.9. The zero-order valence-corrected chi connectivity index (χ0v) is 35.8. The maximum Gasteiger partial charge on any atom is 0.500 e. The van der Waals surface area contributed by atoms with Crippen LogP contribution in [0.4, 0.5) is 11.4 Å². The van der Waals surface area contributed by atoms with Gasteiger partial charge in [0.2, 0.25) is 0 Å². The minimum Gasteiger partial charge on any atom is -0.478 e. The van der Waals surface area contributed by atoms with Crippen LogP contribution in [0.25, 0.3) is 0 Å². The van der Waals surface area contributed by atoms with Crippen LogP contribution < -0.4 is 22.9 Å². The Labute approximate surface area is 321 Å². The summed E-state index contributed by atoms with van der Waals surface area (Å²) in [6.45, 7) is 8.64. The van der Waals surface area contributed by atoms with E-state index in [2.05, 4.69) is 24.4 Å². The first kappa shape index (κ1) is 71.4. The highest BCUT2D eigenvalue weighted by Gasteiger charge is 2.36. The highest BCUT2D eigenvalue weighted by molar-refractivity contribution is 6.76. The number of benzene rings is 2. The number of hydrogen-bond acceptors (Lipinski definition) is 16. The van der Waals surface area contributed by atoms with E-state index >= 15 is 0 Å². The minimum absolute atomic E-state index is 0. The van der Waals surface area contributed by atoms with Gasteiger partial charge >= 0.3 is 20.7 Å². The monoisotopic (exact) mass is 807 g/mol. The molecule has 0 heterocycles. The number of anilines is 2. The molecule has 0 atom stereocenters. The number of para-hydroxylation sites is 2. The Hall–Kier alpha value is -3.03. The van der Waals surface area contributed by atoms with Gasteiger partial charge < -0.3 is 76.7 Å². The van der Waals surface area contributed by atoms with Crippen molar-refractivity contribution in [3.8, 4) is 0 Å². The molecule has 0 amide bonds. The average Bonchev–Trinajstić information content (AvgIpc) is 3.20. The van der Waals surface area contributed by atoms with Gasteiger partial charge in [0.25, 0.3) is 0 Å². The largest absolute Gasteiger partial charge is 0.500 e. The Morgan fingerprint density at radius 3 is 1.09 bits per heavy atom. The van der Waals surface area contributed by atoms with E-state index in [9.17, 15) is 9.59 Å². The molecule has 320 valence electrons. The molecule has 0 spiro atoms. The quantitative estimate of drug-likeness (QED) is 0.0881. The zero-order valence-electron chi connectivity index (χ0n) is 33.8. The molecule has 53 heavy (non-hydrogen) atoms. The van der Waals surface area contributed by atoms with Gasteiger partial charge in [-0.25, -0.2) is 9.59 Å². The Balaban J connectivity index is -0.0000000632. The van der Waals surface area contributed by atoms with Gasteiger partial charge in [0.1, 0.15) is 0 Å². The van der Waals surface area contributed by atoms with E-state index in [-0.39, 0.29) is 13.0 Å². The van der Waals surface area contributed by atoms with Crippen LogP contribution in [0.3, 0.4) is 0 Å². The molecular weight excluding hydrogens is 729 g/mol. The fourth-order valence-electron chi connectivity index (χ4n) is 2.99. The van der Waals surface area contributed by atoms with Crippen LogP contribution in [0.2, 0.25) is 31.7 Å². The third-order valence-electron chi connectivity index (χ3n) is 5.31. The first-order valence-electron chi connectivity index (χ1n) is 15.5. The van der Waals surface area contributed by atoms with Crippen LogP contribution in [-0.2, 0) is 18.0 Å². The summed E-state index contributed by atoms with van der Waals surface area (Å²) in [6.07, 6.45) is 2.09. The van der Waals surface area contributed by atoms with Crippen LogP contribution in [-0.4, -0.2) is 149 Å². The first-order valence-corrected chi connectivity index (χ1v) is 21.2. The van der Waals surface area contributed by atoms with E-state index in [0.29, 0.717) is 23.5 Å². The summed E-state index contributed by atoms with van der Waals surface area (Å²) in [5, 5.41) is 50.5. The molecule has 0 saturated heterocycles. The second-order valence-corrected chi connectivity index (χ2v) is 18.3. The molecule has 0 aliphatic rings. The van der Waals surface area contributed by atoms with Crippen molar-refractivity contribution in [1.29, 1.82) is 0 Å². The first-order chi connectivity index (χ1) is 24.8. The molecule has 17 nitrogen and oxygen atoms in total. The number of carbonyl (C=O) groups excluding carboxylic acids is 1. The average molecular weight is 807 g/mol. The molecule has 15 N–H and O–H groups in total. The smallest absolute Gasteiger partial charge is 0.478 e. The number of aliphatic hydroxyl groups is 6. The van der Waals surface area contributed by atoms with Gasteiger partial charge in [0.15, 0.2) is 0 Å². The SMILES string of the molecule is C.CO.CO.CO.CO.CO.CO.COC(=O)c1ccccc1N.CO[Si](CCCN)(OC)OC.C[Si](C)(C)CCCN.Nc1ccccc1C(=O)O. The van der Waals surface area contributed by atoms with Gasteiger partial charge in [-0.2, -0.15) is 0 Å². The number of nitrogens with two attached hydrogens (primary N) is 4. The molecule has 0 fully saturated rings. The van der Waals surface area contributed by atoms with Crippen molar-refractivity contribution in [1.82, 2.24) is 0 Å². The maximum atomic E-state index is 10.9. The lowest BCUT2D eigenvalue weighted by Crippen LogP contribution is -2.42. The topological polar surface area (TPSA) is 317 Å². The summed E-state index contributed by atoms with van der Waals surface area (Å²) >= 11 is 0. The lowest BCUT2D eigenvalue weighted by molar-refractivity contribution is 0.0601. The molecule has 19 heteroatoms. The van der Waals surface area contributed by atoms with Gasteiger partial charge in [-0.3, -0.25) is 0 Å². The van der Waals surface area contributed by atoms with Crippen molar-refractivity contribution in [2.75, 3.05) is 95.7 Å². The van der Waals surface area contributed by atoms with Gasteiger partial charge in [0.05, 0.1) is 18.2 Å². The second-order valence-electron chi connectivity index (χ2n) is 9.61. The molecule has 0 unspecified atom stereocenters. The summed E-state index contributed by atoms with van der Waals surface area (Å²) < 4.78 is 20.0. The Morgan fingerprint density at radius 1 is 0.585 bits per heavy atom. The Bertz CT molecular complexity index is 981. The summed E-state index contributed by atoms with van der Waals surface area (Å²) in [7, 11) is 9.07. The third kappa shape index (κ3) is 47.0. The number of carboxylic acids is 1. The van der Waals surface area contributed by atoms with E-state index in [1.54, 1.807) is 63.8 Å². The van der Waals surface area contributed by atoms with Crippen molar-refractivity contribution in [2.45, 2.75) is 52.0 Å². The molecule has 2 rings (SSSR count). The predicted molar refractivity (Wildman–Crippen MR) is 223 cm³/mol. The highest BCUT2D eigenvalue weighted by atomic mass is 28.4. The van der Waals surface area contributed by atoms with E-state index in [1.807, 2.05) is 0 Å². The van der Waals surface area contributed by atoms with Gasteiger partial charge in [-0.05, 0) is 50.2 Å². The minimum atomic E-state index is -2.32. The van der Waals surface area contributed by atoms with E-state index in [4.69, 9.17) is 72.0 Å². The van der Waals surface area contributed by atoms with Crippen molar-refractivity contribution < 1.29 is 63.3 Å². The van der Waals surface area contributed by atoms with Crippen molar-refractivity contribution in [3.63, 3.8) is 0 Å². The molecular formula is C34H78N4O13Si2. The number of carbonyl (C=O) groups is 2. The summed E-state index contributed by atoms with van der Waals surface area (Å²) in [6, 6.07) is 15.3. The molecule has 0 bridgehead atoms. The maximum absolute atomic E-state index is 10.9. The van der Waals surface area contributed by atoms with Gasteiger partial charge in [0, 0.05) is 89.5 Å². The number of carboxylic acid groups (broad SMARTS) is 1. The Morgan fingerprint density at radius 2 is 0.887 bits per heavy atom. The van der Waals surface area contributed by atoms with Crippen molar-refractivity contribution >= 4 is 40.2 Å². The third-order valence-corrected chi connectivity index (χ3v) is 9.99. The van der Waals surface area contributed by atoms with Crippen LogP contribution in [0, 0.1) is 0 Å². The van der Waals surface area contributed by atoms with Gasteiger partial charge in [-0.1, -0.05) is 57.4 Å². The normalized spacial score (nSPS) is 8.62. The van der Waals surface area contributed by atoms with Crippen LogP contribution in [0.1, 0.15) is 41.0 Å². The second kappa shape index (κ2) is 55.7. The summed E-state index contributed by atoms with van der Waals surface area (Å²) in [5.74, 6) is -1.39. The molecule has 2 aromatic carbocycles. The predicted octanol–water partition coefficient (Wildman–Crippen LogP) is 2.20. The fourth-order valence-corrected chi connectivity index (χ4v) is 6.01. The van der Waals surface area contributed by atoms with Crippen molar-refractivity contribution in [2.24, 2.45) is 11.5 Å². The summed E-state index contributed by atoms with van der Waals surface area (Å²) in [4.78, 5) is 21.3. The molecule has 0 aliphatic heterocycles. The van der Waals surface area contributed by atoms with E-state index < -0.39 is 28.8 Å². The number of aromatic carboxylic acids is 1. The van der Waals surface area contributed by atoms with Gasteiger partial charge in [-0.15, -0.1) is 0 Å². The number of aliphatic hydroxyl groups excluding tert-OH is 6. The van der Waals surface area contributed by atoms with Crippen LogP contribution in [0.5, 0.6) is 0 Å². The van der Waals surface area contributed by atoms with E-state index in [0.717, 1.165) is 61.7 Å². The molecule has 0 aliphatic carbocycles. The number of hydrogen-bond donors (Lipinski definition) is 11. The highest BCUT2D eigenvalue weighted by Crippen LogP contribution is 2.14. The number of nitrogen functional groups attached to an aromatic ring is 2. The fraction of sp³-hybridized carbons (Fsp3) is 0.588.